The van der Waals surface area contributed by atoms with Gasteiger partial charge in [0.2, 0.25) is 0 Å². The number of piperazine rings is 1. The maximum Gasteiger partial charge on any atom is 0.270 e. The fraction of sp³-hybridized carbons (Fsp3) is 0.348. The van der Waals surface area contributed by atoms with Crippen LogP contribution < -0.4 is 9.47 Å². The van der Waals surface area contributed by atoms with Crippen molar-refractivity contribution in [3.63, 3.8) is 0 Å². The SMILES string of the molecule is Cc1ccc2[nH]c(C(=O)N3CCN(Cc4ccc5c(c4)OCCO5)CC3)cc2c1. The zero-order valence-corrected chi connectivity index (χ0v) is 16.6. The highest BCUT2D eigenvalue weighted by atomic mass is 16.6. The minimum Gasteiger partial charge on any atom is -0.486 e. The number of aromatic nitrogens is 1. The molecule has 0 bridgehead atoms. The summed E-state index contributed by atoms with van der Waals surface area (Å²) in [5.74, 6) is 1.73. The molecule has 3 aromatic rings. The molecule has 6 nitrogen and oxygen atoms in total. The third-order valence-corrected chi connectivity index (χ3v) is 5.68. The van der Waals surface area contributed by atoms with Gasteiger partial charge in [0, 0.05) is 43.6 Å². The highest BCUT2D eigenvalue weighted by Crippen LogP contribution is 2.31. The van der Waals surface area contributed by atoms with Gasteiger partial charge in [0.15, 0.2) is 11.5 Å². The van der Waals surface area contributed by atoms with E-state index in [-0.39, 0.29) is 5.91 Å². The fourth-order valence-electron chi connectivity index (χ4n) is 4.09. The van der Waals surface area contributed by atoms with Crippen LogP contribution in [0.2, 0.25) is 0 Å². The first kappa shape index (κ1) is 18.1. The summed E-state index contributed by atoms with van der Waals surface area (Å²) in [5, 5.41) is 1.09. The number of aryl methyl sites for hydroxylation is 1. The van der Waals surface area contributed by atoms with Crippen molar-refractivity contribution in [3.05, 3.63) is 59.3 Å². The van der Waals surface area contributed by atoms with Gasteiger partial charge in [-0.15, -0.1) is 0 Å². The molecule has 1 amide bonds. The maximum atomic E-state index is 12.9. The lowest BCUT2D eigenvalue weighted by atomic mass is 10.1. The lowest BCUT2D eigenvalue weighted by molar-refractivity contribution is 0.0623. The van der Waals surface area contributed by atoms with Crippen molar-refractivity contribution in [2.75, 3.05) is 39.4 Å². The van der Waals surface area contributed by atoms with E-state index in [2.05, 4.69) is 41.1 Å². The van der Waals surface area contributed by atoms with E-state index in [1.165, 1.54) is 11.1 Å². The standard InChI is InChI=1S/C23H25N3O3/c1-16-2-4-19-18(12-16)14-20(24-19)23(27)26-8-6-25(7-9-26)15-17-3-5-21-22(13-17)29-11-10-28-21/h2-5,12-14,24H,6-11,15H2,1H3. The predicted molar refractivity (Wildman–Crippen MR) is 112 cm³/mol. The second-order valence-corrected chi connectivity index (χ2v) is 7.82. The lowest BCUT2D eigenvalue weighted by Gasteiger charge is -2.34. The molecular weight excluding hydrogens is 366 g/mol. The number of rotatable bonds is 3. The van der Waals surface area contributed by atoms with Crippen molar-refractivity contribution in [1.82, 2.24) is 14.8 Å². The highest BCUT2D eigenvalue weighted by molar-refractivity contribution is 5.98. The largest absolute Gasteiger partial charge is 0.486 e. The van der Waals surface area contributed by atoms with Gasteiger partial charge in [-0.3, -0.25) is 9.69 Å². The Balaban J connectivity index is 1.21. The van der Waals surface area contributed by atoms with Crippen LogP contribution in [-0.4, -0.2) is 60.1 Å². The van der Waals surface area contributed by atoms with Crippen LogP contribution in [0.3, 0.4) is 0 Å². The van der Waals surface area contributed by atoms with Crippen LogP contribution in [0.25, 0.3) is 10.9 Å². The number of carbonyl (C=O) groups is 1. The van der Waals surface area contributed by atoms with Crippen molar-refractivity contribution in [2.24, 2.45) is 0 Å². The number of nitrogens with one attached hydrogen (secondary N) is 1. The number of benzene rings is 2. The summed E-state index contributed by atoms with van der Waals surface area (Å²) in [6, 6.07) is 14.3. The number of H-pyrrole nitrogens is 1. The van der Waals surface area contributed by atoms with Crippen molar-refractivity contribution in [3.8, 4) is 11.5 Å². The quantitative estimate of drug-likeness (QED) is 0.745. The molecule has 2 aromatic carbocycles. The number of amides is 1. The summed E-state index contributed by atoms with van der Waals surface area (Å²) < 4.78 is 11.3. The molecule has 1 aromatic heterocycles. The summed E-state index contributed by atoms with van der Waals surface area (Å²) >= 11 is 0. The molecule has 0 radical (unpaired) electrons. The van der Waals surface area contributed by atoms with E-state index >= 15 is 0 Å². The Labute approximate surface area is 170 Å². The van der Waals surface area contributed by atoms with Gasteiger partial charge in [-0.2, -0.15) is 0 Å². The van der Waals surface area contributed by atoms with Crippen LogP contribution in [0.4, 0.5) is 0 Å². The number of hydrogen-bond donors (Lipinski definition) is 1. The number of ether oxygens (including phenoxy) is 2. The van der Waals surface area contributed by atoms with Crippen LogP contribution >= 0.6 is 0 Å². The minimum absolute atomic E-state index is 0.0813. The number of aromatic amines is 1. The number of nitrogens with zero attached hydrogens (tertiary/aromatic N) is 2. The molecule has 0 aliphatic carbocycles. The molecule has 0 saturated carbocycles. The second-order valence-electron chi connectivity index (χ2n) is 7.82. The number of carbonyl (C=O) groups excluding carboxylic acids is 1. The smallest absolute Gasteiger partial charge is 0.270 e. The van der Waals surface area contributed by atoms with E-state index in [1.807, 2.05) is 23.1 Å². The van der Waals surface area contributed by atoms with Crippen molar-refractivity contribution < 1.29 is 14.3 Å². The average Bonchev–Trinajstić information content (AvgIpc) is 3.17. The molecule has 6 heteroatoms. The van der Waals surface area contributed by atoms with Crippen molar-refractivity contribution in [1.29, 1.82) is 0 Å². The van der Waals surface area contributed by atoms with Crippen LogP contribution in [0, 0.1) is 6.92 Å². The summed E-state index contributed by atoms with van der Waals surface area (Å²) in [6.45, 7) is 7.32. The molecule has 1 saturated heterocycles. The third-order valence-electron chi connectivity index (χ3n) is 5.68. The first-order chi connectivity index (χ1) is 14.2. The highest BCUT2D eigenvalue weighted by Gasteiger charge is 2.23. The normalized spacial score (nSPS) is 16.9. The first-order valence-corrected chi connectivity index (χ1v) is 10.2. The Morgan fingerprint density at radius 3 is 2.59 bits per heavy atom. The lowest BCUT2D eigenvalue weighted by Crippen LogP contribution is -2.48. The minimum atomic E-state index is 0.0813. The Morgan fingerprint density at radius 1 is 0.966 bits per heavy atom. The Kier molecular flexibility index (Phi) is 4.64. The number of fused-ring (bicyclic) bond motifs is 2. The summed E-state index contributed by atoms with van der Waals surface area (Å²) in [5.41, 5.74) is 4.09. The van der Waals surface area contributed by atoms with E-state index < -0.39 is 0 Å². The van der Waals surface area contributed by atoms with Gasteiger partial charge in [-0.1, -0.05) is 17.7 Å². The van der Waals surface area contributed by atoms with Gasteiger partial charge in [0.1, 0.15) is 18.9 Å². The molecule has 0 spiro atoms. The van der Waals surface area contributed by atoms with Crippen molar-refractivity contribution >= 4 is 16.8 Å². The van der Waals surface area contributed by atoms with Gasteiger partial charge >= 0.3 is 0 Å². The van der Waals surface area contributed by atoms with E-state index in [0.717, 1.165) is 55.1 Å². The molecule has 150 valence electrons. The van der Waals surface area contributed by atoms with Gasteiger partial charge in [0.05, 0.1) is 0 Å². The predicted octanol–water partition coefficient (Wildman–Crippen LogP) is 3.21. The van der Waals surface area contributed by atoms with Crippen LogP contribution in [-0.2, 0) is 6.54 Å². The average molecular weight is 391 g/mol. The summed E-state index contributed by atoms with van der Waals surface area (Å²) in [7, 11) is 0. The zero-order valence-electron chi connectivity index (χ0n) is 16.6. The van der Waals surface area contributed by atoms with E-state index in [9.17, 15) is 4.79 Å². The molecule has 5 rings (SSSR count). The van der Waals surface area contributed by atoms with Crippen LogP contribution in [0.5, 0.6) is 11.5 Å². The molecule has 29 heavy (non-hydrogen) atoms. The Hall–Kier alpha value is -2.99. The maximum absolute atomic E-state index is 12.9. The fourth-order valence-corrected chi connectivity index (χ4v) is 4.09. The van der Waals surface area contributed by atoms with Crippen molar-refractivity contribution in [2.45, 2.75) is 13.5 Å². The molecule has 2 aliphatic heterocycles. The summed E-state index contributed by atoms with van der Waals surface area (Å²) in [6.07, 6.45) is 0. The molecular formula is C23H25N3O3. The van der Waals surface area contributed by atoms with E-state index in [4.69, 9.17) is 9.47 Å². The van der Waals surface area contributed by atoms with Crippen LogP contribution in [0.15, 0.2) is 42.5 Å². The van der Waals surface area contributed by atoms with Gasteiger partial charge in [-0.05, 0) is 42.8 Å². The molecule has 2 aliphatic rings. The Morgan fingerprint density at radius 2 is 1.76 bits per heavy atom. The van der Waals surface area contributed by atoms with E-state index in [0.29, 0.717) is 18.9 Å². The molecule has 0 atom stereocenters. The van der Waals surface area contributed by atoms with Gasteiger partial charge in [-0.25, -0.2) is 0 Å². The molecule has 3 heterocycles. The van der Waals surface area contributed by atoms with Gasteiger partial charge < -0.3 is 19.4 Å². The third kappa shape index (κ3) is 3.68. The van der Waals surface area contributed by atoms with Crippen LogP contribution in [0.1, 0.15) is 21.6 Å². The number of hydrogen-bond acceptors (Lipinski definition) is 4. The Bertz CT molecular complexity index is 1050. The molecule has 0 unspecified atom stereocenters. The summed E-state index contributed by atoms with van der Waals surface area (Å²) in [4.78, 5) is 20.5. The van der Waals surface area contributed by atoms with E-state index in [1.54, 1.807) is 0 Å². The molecule has 1 fully saturated rings. The molecule has 1 N–H and O–H groups in total. The monoisotopic (exact) mass is 391 g/mol. The first-order valence-electron chi connectivity index (χ1n) is 10.2. The topological polar surface area (TPSA) is 57.8 Å². The second kappa shape index (κ2) is 7.44. The zero-order chi connectivity index (χ0) is 19.8. The van der Waals surface area contributed by atoms with Gasteiger partial charge in [0.25, 0.3) is 5.91 Å².